The molecule has 1 fully saturated rings. The molecule has 1 aromatic carbocycles. The molecule has 5 nitrogen and oxygen atoms in total. The van der Waals surface area contributed by atoms with E-state index >= 15 is 0 Å². The Balaban J connectivity index is 1.74. The van der Waals surface area contributed by atoms with Crippen LogP contribution in [-0.2, 0) is 11.0 Å². The van der Waals surface area contributed by atoms with E-state index in [0.29, 0.717) is 17.1 Å². The van der Waals surface area contributed by atoms with Gasteiger partial charge in [0.25, 0.3) is 0 Å². The van der Waals surface area contributed by atoms with Crippen molar-refractivity contribution in [1.82, 2.24) is 14.9 Å². The van der Waals surface area contributed by atoms with Crippen LogP contribution in [0.3, 0.4) is 0 Å². The molecule has 1 atom stereocenters. The quantitative estimate of drug-likeness (QED) is 0.466. The molecule has 30 heavy (non-hydrogen) atoms. The van der Waals surface area contributed by atoms with Gasteiger partial charge in [0, 0.05) is 30.3 Å². The minimum absolute atomic E-state index is 0.00938. The topological polar surface area (TPSA) is 55.3 Å². The third-order valence-corrected chi connectivity index (χ3v) is 5.90. The molecule has 162 valence electrons. The van der Waals surface area contributed by atoms with Gasteiger partial charge in [-0.05, 0) is 56.5 Å². The SMILES string of the molecule is COc1ccc(-c2cc(C(F)(F)F)nc(SCCC(=O)N3CCCC[C@@H]3C)n2)cc1. The zero-order chi connectivity index (χ0) is 21.7. The molecule has 1 aliphatic rings. The summed E-state index contributed by atoms with van der Waals surface area (Å²) in [5.41, 5.74) is -0.288. The number of rotatable bonds is 6. The molecule has 0 saturated carbocycles. The Morgan fingerprint density at radius 1 is 1.23 bits per heavy atom. The molecule has 3 rings (SSSR count). The van der Waals surface area contributed by atoms with E-state index < -0.39 is 11.9 Å². The second-order valence-electron chi connectivity index (χ2n) is 7.18. The first-order valence-electron chi connectivity index (χ1n) is 9.81. The lowest BCUT2D eigenvalue weighted by atomic mass is 10.0. The van der Waals surface area contributed by atoms with Crippen LogP contribution in [0, 0.1) is 0 Å². The lowest BCUT2D eigenvalue weighted by molar-refractivity contribution is -0.141. The number of amides is 1. The van der Waals surface area contributed by atoms with Crippen molar-refractivity contribution in [2.24, 2.45) is 0 Å². The minimum Gasteiger partial charge on any atom is -0.497 e. The van der Waals surface area contributed by atoms with Gasteiger partial charge >= 0.3 is 6.18 Å². The van der Waals surface area contributed by atoms with Gasteiger partial charge in [-0.15, -0.1) is 0 Å². The fraction of sp³-hybridized carbons (Fsp3) is 0.476. The predicted molar refractivity (Wildman–Crippen MR) is 109 cm³/mol. The van der Waals surface area contributed by atoms with Crippen LogP contribution in [0.25, 0.3) is 11.3 Å². The highest BCUT2D eigenvalue weighted by molar-refractivity contribution is 7.99. The second-order valence-corrected chi connectivity index (χ2v) is 8.24. The van der Waals surface area contributed by atoms with Gasteiger partial charge in [-0.1, -0.05) is 11.8 Å². The Kier molecular flexibility index (Phi) is 7.23. The van der Waals surface area contributed by atoms with E-state index in [1.807, 2.05) is 11.8 Å². The van der Waals surface area contributed by atoms with Gasteiger partial charge in [-0.2, -0.15) is 13.2 Å². The largest absolute Gasteiger partial charge is 0.497 e. The summed E-state index contributed by atoms with van der Waals surface area (Å²) in [6, 6.07) is 7.77. The van der Waals surface area contributed by atoms with Crippen molar-refractivity contribution < 1.29 is 22.7 Å². The number of thioether (sulfide) groups is 1. The molecule has 0 spiro atoms. The number of carbonyl (C=O) groups is 1. The smallest absolute Gasteiger partial charge is 0.433 e. The Morgan fingerprint density at radius 3 is 2.60 bits per heavy atom. The third kappa shape index (κ3) is 5.65. The first-order chi connectivity index (χ1) is 14.3. The maximum Gasteiger partial charge on any atom is 0.433 e. The first kappa shape index (κ1) is 22.4. The summed E-state index contributed by atoms with van der Waals surface area (Å²) >= 11 is 1.07. The van der Waals surface area contributed by atoms with Crippen LogP contribution in [0.4, 0.5) is 13.2 Å². The Labute approximate surface area is 178 Å². The van der Waals surface area contributed by atoms with Gasteiger partial charge in [0.05, 0.1) is 12.8 Å². The average Bonchev–Trinajstić information content (AvgIpc) is 2.73. The van der Waals surface area contributed by atoms with E-state index in [2.05, 4.69) is 9.97 Å². The number of hydrogen-bond acceptors (Lipinski definition) is 5. The summed E-state index contributed by atoms with van der Waals surface area (Å²) in [5.74, 6) is 0.951. The van der Waals surface area contributed by atoms with Crippen LogP contribution in [0.1, 0.15) is 38.3 Å². The summed E-state index contributed by atoms with van der Waals surface area (Å²) in [6.07, 6.45) is -1.25. The number of carbonyl (C=O) groups excluding carboxylic acids is 1. The maximum atomic E-state index is 13.3. The van der Waals surface area contributed by atoms with Gasteiger partial charge in [0.2, 0.25) is 5.91 Å². The fourth-order valence-electron chi connectivity index (χ4n) is 3.39. The van der Waals surface area contributed by atoms with Gasteiger partial charge < -0.3 is 9.64 Å². The molecule has 0 N–H and O–H groups in total. The number of methoxy groups -OCH3 is 1. The molecule has 2 heterocycles. The highest BCUT2D eigenvalue weighted by atomic mass is 32.2. The normalized spacial score (nSPS) is 17.1. The monoisotopic (exact) mass is 439 g/mol. The van der Waals surface area contributed by atoms with Crippen molar-refractivity contribution in [3.63, 3.8) is 0 Å². The first-order valence-corrected chi connectivity index (χ1v) is 10.8. The Morgan fingerprint density at radius 2 is 1.97 bits per heavy atom. The highest BCUT2D eigenvalue weighted by Crippen LogP contribution is 2.32. The lowest BCUT2D eigenvalue weighted by Crippen LogP contribution is -2.42. The van der Waals surface area contributed by atoms with Crippen LogP contribution in [0.15, 0.2) is 35.5 Å². The zero-order valence-electron chi connectivity index (χ0n) is 16.9. The fourth-order valence-corrected chi connectivity index (χ4v) is 4.17. The molecule has 1 amide bonds. The van der Waals surface area contributed by atoms with Crippen molar-refractivity contribution in [2.45, 2.75) is 50.0 Å². The summed E-state index contributed by atoms with van der Waals surface area (Å²) in [5, 5.41) is 0.00938. The number of piperidine rings is 1. The van der Waals surface area contributed by atoms with Crippen molar-refractivity contribution in [3.8, 4) is 17.0 Å². The van der Waals surface area contributed by atoms with E-state index in [0.717, 1.165) is 43.6 Å². The molecule has 1 aromatic heterocycles. The number of alkyl halides is 3. The molecule has 9 heteroatoms. The van der Waals surface area contributed by atoms with Crippen LogP contribution in [-0.4, -0.2) is 46.2 Å². The van der Waals surface area contributed by atoms with Crippen LogP contribution in [0.5, 0.6) is 5.75 Å². The Hall–Kier alpha value is -2.29. The number of likely N-dealkylation sites (tertiary alicyclic amines) is 1. The van der Waals surface area contributed by atoms with Crippen LogP contribution in [0.2, 0.25) is 0 Å². The van der Waals surface area contributed by atoms with Gasteiger partial charge in [0.15, 0.2) is 5.16 Å². The Bertz CT molecular complexity index is 875. The van der Waals surface area contributed by atoms with E-state index in [9.17, 15) is 18.0 Å². The predicted octanol–water partition coefficient (Wildman–Crippen LogP) is 5.05. The molecule has 2 aromatic rings. The van der Waals surface area contributed by atoms with Crippen molar-refractivity contribution in [2.75, 3.05) is 19.4 Å². The number of aromatic nitrogens is 2. The minimum atomic E-state index is -4.58. The number of ether oxygens (including phenoxy) is 1. The van der Waals surface area contributed by atoms with E-state index in [1.54, 1.807) is 24.3 Å². The molecule has 1 saturated heterocycles. The number of hydrogen-bond donors (Lipinski definition) is 0. The highest BCUT2D eigenvalue weighted by Gasteiger charge is 2.34. The zero-order valence-corrected chi connectivity index (χ0v) is 17.7. The van der Waals surface area contributed by atoms with E-state index in [4.69, 9.17) is 4.74 Å². The van der Waals surface area contributed by atoms with E-state index in [-0.39, 0.29) is 29.2 Å². The van der Waals surface area contributed by atoms with Crippen molar-refractivity contribution in [3.05, 3.63) is 36.0 Å². The number of halogens is 3. The molecule has 1 aliphatic heterocycles. The number of benzene rings is 1. The average molecular weight is 440 g/mol. The van der Waals surface area contributed by atoms with E-state index in [1.165, 1.54) is 7.11 Å². The number of nitrogens with zero attached hydrogens (tertiary/aromatic N) is 3. The molecular formula is C21H24F3N3O2S. The van der Waals surface area contributed by atoms with Crippen LogP contribution < -0.4 is 4.74 Å². The summed E-state index contributed by atoms with van der Waals surface area (Å²) in [7, 11) is 1.52. The second kappa shape index (κ2) is 9.68. The maximum absolute atomic E-state index is 13.3. The molecule has 0 aliphatic carbocycles. The van der Waals surface area contributed by atoms with Gasteiger partial charge in [0.1, 0.15) is 11.4 Å². The van der Waals surface area contributed by atoms with Gasteiger partial charge in [-0.25, -0.2) is 9.97 Å². The third-order valence-electron chi connectivity index (χ3n) is 5.05. The summed E-state index contributed by atoms with van der Waals surface area (Å²) in [6.45, 7) is 2.77. The van der Waals surface area contributed by atoms with Crippen LogP contribution >= 0.6 is 11.8 Å². The molecular weight excluding hydrogens is 415 g/mol. The standard InChI is InChI=1S/C21H24F3N3O2S/c1-14-5-3-4-11-27(14)19(28)10-12-30-20-25-17(13-18(26-20)21(22,23)24)15-6-8-16(29-2)9-7-15/h6-9,13-14H,3-5,10-12H2,1-2H3/t14-/m0/s1. The molecule has 0 bridgehead atoms. The summed E-state index contributed by atoms with van der Waals surface area (Å²) in [4.78, 5) is 22.3. The summed E-state index contributed by atoms with van der Waals surface area (Å²) < 4.78 is 45.1. The molecule has 0 unspecified atom stereocenters. The lowest BCUT2D eigenvalue weighted by Gasteiger charge is -2.33. The molecule has 0 radical (unpaired) electrons. The van der Waals surface area contributed by atoms with Crippen molar-refractivity contribution in [1.29, 1.82) is 0 Å². The van der Waals surface area contributed by atoms with Gasteiger partial charge in [-0.3, -0.25) is 4.79 Å². The van der Waals surface area contributed by atoms with Crippen molar-refractivity contribution >= 4 is 17.7 Å².